The Morgan fingerprint density at radius 1 is 1.19 bits per heavy atom. The van der Waals surface area contributed by atoms with Gasteiger partial charge in [-0.05, 0) is 31.8 Å². The number of hydrogen-bond donors (Lipinski definition) is 0. The Labute approximate surface area is 94.8 Å². The van der Waals surface area contributed by atoms with E-state index in [-0.39, 0.29) is 5.63 Å². The summed E-state index contributed by atoms with van der Waals surface area (Å²) >= 11 is 0. The molecule has 1 aromatic heterocycles. The van der Waals surface area contributed by atoms with E-state index in [0.29, 0.717) is 11.3 Å². The topological polar surface area (TPSA) is 39.4 Å². The van der Waals surface area contributed by atoms with E-state index >= 15 is 0 Å². The van der Waals surface area contributed by atoms with E-state index in [1.807, 2.05) is 18.2 Å². The van der Waals surface area contributed by atoms with Crippen LogP contribution in [0.25, 0.3) is 11.0 Å². The highest BCUT2D eigenvalue weighted by Crippen LogP contribution is 2.25. The van der Waals surface area contributed by atoms with Crippen molar-refractivity contribution < 1.29 is 8.84 Å². The predicted molar refractivity (Wildman–Crippen MR) is 66.5 cm³/mol. The number of benzene rings is 1. The highest BCUT2D eigenvalue weighted by molar-refractivity contribution is 6.70. The van der Waals surface area contributed by atoms with Crippen molar-refractivity contribution in [3.63, 3.8) is 0 Å². The van der Waals surface area contributed by atoms with Gasteiger partial charge >= 0.3 is 5.63 Å². The molecule has 1 aromatic carbocycles. The minimum absolute atomic E-state index is 0.369. The number of rotatable bonds is 2. The van der Waals surface area contributed by atoms with Crippen LogP contribution in [0.5, 0.6) is 5.75 Å². The molecule has 3 nitrogen and oxygen atoms in total. The lowest BCUT2D eigenvalue weighted by atomic mass is 10.2. The van der Waals surface area contributed by atoms with Crippen LogP contribution in [-0.2, 0) is 0 Å². The highest BCUT2D eigenvalue weighted by atomic mass is 28.4. The molecule has 4 heteroatoms. The van der Waals surface area contributed by atoms with Crippen molar-refractivity contribution in [3.8, 4) is 5.75 Å². The van der Waals surface area contributed by atoms with Crippen LogP contribution in [0.3, 0.4) is 0 Å². The standard InChI is InChI=1S/C12H14O3Si/c1-16(2,3)15-11-8-12(13)14-10-7-5-4-6-9(10)11/h4-8H,1-3H3. The fourth-order valence-corrected chi connectivity index (χ4v) is 2.32. The fourth-order valence-electron chi connectivity index (χ4n) is 1.50. The fraction of sp³-hybridized carbons (Fsp3) is 0.250. The number of para-hydroxylation sites is 1. The molecule has 84 valence electrons. The van der Waals surface area contributed by atoms with Crippen molar-refractivity contribution in [3.05, 3.63) is 40.8 Å². The molecule has 0 aliphatic heterocycles. The summed E-state index contributed by atoms with van der Waals surface area (Å²) in [7, 11) is -1.72. The van der Waals surface area contributed by atoms with Crippen LogP contribution >= 0.6 is 0 Å². The molecular formula is C12H14O3Si. The quantitative estimate of drug-likeness (QED) is 0.592. The first-order valence-corrected chi connectivity index (χ1v) is 8.58. The number of hydrogen-bond acceptors (Lipinski definition) is 3. The summed E-state index contributed by atoms with van der Waals surface area (Å²) in [5.74, 6) is 0.631. The zero-order valence-electron chi connectivity index (χ0n) is 9.61. The Balaban J connectivity index is 2.64. The van der Waals surface area contributed by atoms with E-state index in [4.69, 9.17) is 8.84 Å². The zero-order valence-corrected chi connectivity index (χ0v) is 10.6. The molecule has 0 saturated carbocycles. The predicted octanol–water partition coefficient (Wildman–Crippen LogP) is 3.01. The molecule has 0 N–H and O–H groups in total. The average molecular weight is 234 g/mol. The van der Waals surface area contributed by atoms with Gasteiger partial charge in [-0.15, -0.1) is 0 Å². The molecule has 0 spiro atoms. The van der Waals surface area contributed by atoms with Crippen LogP contribution in [-0.4, -0.2) is 8.32 Å². The van der Waals surface area contributed by atoms with E-state index in [0.717, 1.165) is 5.39 Å². The Hall–Kier alpha value is -1.55. The summed E-state index contributed by atoms with van der Waals surface area (Å²) in [6, 6.07) is 8.82. The second-order valence-electron chi connectivity index (χ2n) is 4.64. The smallest absolute Gasteiger partial charge is 0.339 e. The van der Waals surface area contributed by atoms with Crippen LogP contribution in [0, 0.1) is 0 Å². The maximum Gasteiger partial charge on any atom is 0.339 e. The highest BCUT2D eigenvalue weighted by Gasteiger charge is 2.18. The third-order valence-electron chi connectivity index (χ3n) is 2.03. The van der Waals surface area contributed by atoms with E-state index < -0.39 is 8.32 Å². The molecule has 0 amide bonds. The third kappa shape index (κ3) is 2.33. The Bertz CT molecular complexity index is 566. The number of fused-ring (bicyclic) bond motifs is 1. The summed E-state index contributed by atoms with van der Waals surface area (Å²) in [6.07, 6.45) is 0. The van der Waals surface area contributed by atoms with Gasteiger partial charge in [0.05, 0.1) is 11.5 Å². The molecular weight excluding hydrogens is 220 g/mol. The largest absolute Gasteiger partial charge is 0.544 e. The molecule has 2 aromatic rings. The Morgan fingerprint density at radius 3 is 2.56 bits per heavy atom. The monoisotopic (exact) mass is 234 g/mol. The van der Waals surface area contributed by atoms with Crippen LogP contribution in [0.15, 0.2) is 39.5 Å². The lowest BCUT2D eigenvalue weighted by Gasteiger charge is -2.19. The molecule has 16 heavy (non-hydrogen) atoms. The lowest BCUT2D eigenvalue weighted by molar-refractivity contribution is 0.526. The van der Waals surface area contributed by atoms with Gasteiger partial charge in [-0.25, -0.2) is 4.79 Å². The van der Waals surface area contributed by atoms with Crippen LogP contribution in [0.1, 0.15) is 0 Å². The van der Waals surface area contributed by atoms with Gasteiger partial charge in [0.15, 0.2) is 0 Å². The maximum absolute atomic E-state index is 11.4. The first kappa shape index (κ1) is 10.9. The lowest BCUT2D eigenvalue weighted by Crippen LogP contribution is -2.29. The van der Waals surface area contributed by atoms with Crippen LogP contribution in [0.4, 0.5) is 0 Å². The molecule has 0 aliphatic carbocycles. The molecule has 1 heterocycles. The van der Waals surface area contributed by atoms with Gasteiger partial charge in [-0.2, -0.15) is 0 Å². The summed E-state index contributed by atoms with van der Waals surface area (Å²) in [5, 5.41) is 0.851. The van der Waals surface area contributed by atoms with Crippen LogP contribution < -0.4 is 10.1 Å². The summed E-state index contributed by atoms with van der Waals surface area (Å²) in [6.45, 7) is 6.24. The van der Waals surface area contributed by atoms with E-state index in [1.165, 1.54) is 6.07 Å². The molecule has 0 fully saturated rings. The summed E-state index contributed by atoms with van der Waals surface area (Å²) < 4.78 is 11.0. The molecule has 0 atom stereocenters. The molecule has 0 bridgehead atoms. The SMILES string of the molecule is C[Si](C)(C)Oc1cc(=O)oc2ccccc12. The van der Waals surface area contributed by atoms with Crippen molar-refractivity contribution in [2.24, 2.45) is 0 Å². The minimum atomic E-state index is -1.72. The van der Waals surface area contributed by atoms with Gasteiger partial charge in [0.1, 0.15) is 11.3 Å². The molecule has 2 rings (SSSR count). The van der Waals surface area contributed by atoms with E-state index in [9.17, 15) is 4.79 Å². The third-order valence-corrected chi connectivity index (χ3v) is 2.86. The van der Waals surface area contributed by atoms with Gasteiger partial charge < -0.3 is 8.84 Å². The summed E-state index contributed by atoms with van der Waals surface area (Å²) in [4.78, 5) is 11.4. The van der Waals surface area contributed by atoms with Crippen LogP contribution in [0.2, 0.25) is 19.6 Å². The normalized spacial score (nSPS) is 11.7. The van der Waals surface area contributed by atoms with Gasteiger partial charge in [-0.3, -0.25) is 0 Å². The van der Waals surface area contributed by atoms with Crippen molar-refractivity contribution in [2.75, 3.05) is 0 Å². The van der Waals surface area contributed by atoms with E-state index in [1.54, 1.807) is 6.07 Å². The van der Waals surface area contributed by atoms with Crippen molar-refractivity contribution in [1.29, 1.82) is 0 Å². The van der Waals surface area contributed by atoms with Gasteiger partial charge in [0.2, 0.25) is 8.32 Å². The maximum atomic E-state index is 11.4. The Kier molecular flexibility index (Phi) is 2.59. The van der Waals surface area contributed by atoms with Crippen molar-refractivity contribution >= 4 is 19.3 Å². The van der Waals surface area contributed by atoms with Gasteiger partial charge in [0, 0.05) is 0 Å². The average Bonchev–Trinajstić information content (AvgIpc) is 2.14. The van der Waals surface area contributed by atoms with E-state index in [2.05, 4.69) is 19.6 Å². The minimum Gasteiger partial charge on any atom is -0.544 e. The first-order valence-electron chi connectivity index (χ1n) is 5.18. The molecule has 0 radical (unpaired) electrons. The summed E-state index contributed by atoms with van der Waals surface area (Å²) in [5.41, 5.74) is 0.204. The zero-order chi connectivity index (χ0) is 11.8. The molecule has 0 saturated heterocycles. The first-order chi connectivity index (χ1) is 7.46. The Morgan fingerprint density at radius 2 is 1.88 bits per heavy atom. The second-order valence-corrected chi connectivity index (χ2v) is 9.07. The van der Waals surface area contributed by atoms with Crippen molar-refractivity contribution in [1.82, 2.24) is 0 Å². The second kappa shape index (κ2) is 3.79. The van der Waals surface area contributed by atoms with Gasteiger partial charge in [-0.1, -0.05) is 12.1 Å². The molecule has 0 aliphatic rings. The molecule has 0 unspecified atom stereocenters. The van der Waals surface area contributed by atoms with Crippen molar-refractivity contribution in [2.45, 2.75) is 19.6 Å². The van der Waals surface area contributed by atoms with Gasteiger partial charge in [0.25, 0.3) is 0 Å².